The average molecular weight is 185 g/mol. The van der Waals surface area contributed by atoms with E-state index in [0.29, 0.717) is 24.1 Å². The van der Waals surface area contributed by atoms with Gasteiger partial charge in [-0.15, -0.1) is 0 Å². The summed E-state index contributed by atoms with van der Waals surface area (Å²) in [4.78, 5) is 10.4. The Morgan fingerprint density at radius 1 is 1.46 bits per heavy atom. The Morgan fingerprint density at radius 2 is 2.00 bits per heavy atom. The summed E-state index contributed by atoms with van der Waals surface area (Å²) >= 11 is 0. The first-order valence-electron chi connectivity index (χ1n) is 4.58. The molecule has 0 fully saturated rings. The Kier molecular flexibility index (Phi) is 5.39. The van der Waals surface area contributed by atoms with Gasteiger partial charge in [-0.1, -0.05) is 19.9 Å². The second kappa shape index (κ2) is 5.75. The molecule has 2 N–H and O–H groups in total. The lowest BCUT2D eigenvalue weighted by Gasteiger charge is -2.15. The number of hydrogen-bond donors (Lipinski definition) is 2. The molecule has 0 amide bonds. The van der Waals surface area contributed by atoms with Crippen LogP contribution < -0.4 is 5.32 Å². The van der Waals surface area contributed by atoms with E-state index in [1.807, 2.05) is 0 Å². The number of hydrogen-bond acceptors (Lipinski definition) is 2. The normalized spacial score (nSPS) is 14.7. The molecule has 0 aliphatic rings. The Labute approximate surface area is 79.8 Å². The van der Waals surface area contributed by atoms with E-state index >= 15 is 0 Å². The topological polar surface area (TPSA) is 49.3 Å². The highest BCUT2D eigenvalue weighted by Gasteiger charge is 2.04. The summed E-state index contributed by atoms with van der Waals surface area (Å²) < 4.78 is 0. The van der Waals surface area contributed by atoms with Crippen LogP contribution >= 0.6 is 0 Å². The average Bonchev–Trinajstić information content (AvgIpc) is 2.03. The molecule has 0 radical (unpaired) electrons. The maximum atomic E-state index is 10.4. The minimum atomic E-state index is -0.848. The zero-order valence-electron chi connectivity index (χ0n) is 8.79. The molecule has 0 bridgehead atoms. The number of carboxylic acids is 1. The molecule has 0 aromatic carbocycles. The molecule has 1 unspecified atom stereocenters. The van der Waals surface area contributed by atoms with Gasteiger partial charge in [0.1, 0.15) is 0 Å². The predicted octanol–water partition coefficient (Wildman–Crippen LogP) is 1.65. The summed E-state index contributed by atoms with van der Waals surface area (Å²) in [7, 11) is 0. The van der Waals surface area contributed by atoms with E-state index in [0.717, 1.165) is 0 Å². The standard InChI is InChI=1S/C10H19NO2/c1-7(2)9(4)11-6-5-8(3)10(12)13/h5,7,9,11H,6H2,1-4H3,(H,12,13)/b8-5-. The molecule has 0 spiro atoms. The molecular weight excluding hydrogens is 166 g/mol. The van der Waals surface area contributed by atoms with Crippen molar-refractivity contribution in [3.63, 3.8) is 0 Å². The number of carboxylic acid groups (broad SMARTS) is 1. The Morgan fingerprint density at radius 3 is 2.38 bits per heavy atom. The van der Waals surface area contributed by atoms with Crippen molar-refractivity contribution in [3.8, 4) is 0 Å². The molecular formula is C10H19NO2. The smallest absolute Gasteiger partial charge is 0.330 e. The van der Waals surface area contributed by atoms with Gasteiger partial charge in [0.25, 0.3) is 0 Å². The van der Waals surface area contributed by atoms with Gasteiger partial charge in [0, 0.05) is 18.2 Å². The third-order valence-electron chi connectivity index (χ3n) is 2.19. The summed E-state index contributed by atoms with van der Waals surface area (Å²) in [5.41, 5.74) is 0.392. The van der Waals surface area contributed by atoms with Crippen LogP contribution in [0.5, 0.6) is 0 Å². The number of nitrogens with one attached hydrogen (secondary N) is 1. The zero-order valence-corrected chi connectivity index (χ0v) is 8.79. The minimum absolute atomic E-state index is 0.392. The van der Waals surface area contributed by atoms with Crippen molar-refractivity contribution in [3.05, 3.63) is 11.6 Å². The minimum Gasteiger partial charge on any atom is -0.478 e. The molecule has 0 saturated carbocycles. The number of carbonyl (C=O) groups is 1. The van der Waals surface area contributed by atoms with Crippen molar-refractivity contribution in [2.45, 2.75) is 33.7 Å². The fraction of sp³-hybridized carbons (Fsp3) is 0.700. The van der Waals surface area contributed by atoms with E-state index in [9.17, 15) is 4.79 Å². The molecule has 3 nitrogen and oxygen atoms in total. The first-order valence-corrected chi connectivity index (χ1v) is 4.58. The number of aliphatic carboxylic acids is 1. The van der Waals surface area contributed by atoms with Gasteiger partial charge in [-0.25, -0.2) is 4.79 Å². The summed E-state index contributed by atoms with van der Waals surface area (Å²) in [5, 5.41) is 11.8. The summed E-state index contributed by atoms with van der Waals surface area (Å²) in [6, 6.07) is 0.415. The molecule has 0 rings (SSSR count). The van der Waals surface area contributed by atoms with Crippen LogP contribution in [0.25, 0.3) is 0 Å². The third-order valence-corrected chi connectivity index (χ3v) is 2.19. The highest BCUT2D eigenvalue weighted by atomic mass is 16.4. The second-order valence-corrected chi connectivity index (χ2v) is 3.63. The van der Waals surface area contributed by atoms with E-state index in [2.05, 4.69) is 26.1 Å². The molecule has 0 saturated heterocycles. The summed E-state index contributed by atoms with van der Waals surface area (Å²) in [6.45, 7) is 8.58. The third kappa shape index (κ3) is 5.42. The molecule has 76 valence electrons. The van der Waals surface area contributed by atoms with Gasteiger partial charge in [-0.05, 0) is 19.8 Å². The molecule has 0 heterocycles. The lowest BCUT2D eigenvalue weighted by atomic mass is 10.1. The first-order chi connectivity index (χ1) is 5.95. The predicted molar refractivity (Wildman–Crippen MR) is 53.7 cm³/mol. The van der Waals surface area contributed by atoms with Crippen LogP contribution in [-0.2, 0) is 4.79 Å². The van der Waals surface area contributed by atoms with Gasteiger partial charge in [-0.3, -0.25) is 0 Å². The van der Waals surface area contributed by atoms with Crippen molar-refractivity contribution in [1.82, 2.24) is 5.32 Å². The Hall–Kier alpha value is -0.830. The van der Waals surface area contributed by atoms with Crippen molar-refractivity contribution in [2.75, 3.05) is 6.54 Å². The second-order valence-electron chi connectivity index (χ2n) is 3.63. The molecule has 3 heteroatoms. The van der Waals surface area contributed by atoms with Crippen molar-refractivity contribution in [2.24, 2.45) is 5.92 Å². The fourth-order valence-corrected chi connectivity index (χ4v) is 0.721. The largest absolute Gasteiger partial charge is 0.478 e. The fourth-order valence-electron chi connectivity index (χ4n) is 0.721. The van der Waals surface area contributed by atoms with Gasteiger partial charge >= 0.3 is 5.97 Å². The van der Waals surface area contributed by atoms with Crippen LogP contribution in [0.3, 0.4) is 0 Å². The van der Waals surface area contributed by atoms with Gasteiger partial charge in [0.05, 0.1) is 0 Å². The lowest BCUT2D eigenvalue weighted by Crippen LogP contribution is -2.30. The van der Waals surface area contributed by atoms with E-state index in [-0.39, 0.29) is 0 Å². The maximum absolute atomic E-state index is 10.4. The zero-order chi connectivity index (χ0) is 10.4. The quantitative estimate of drug-likeness (QED) is 0.640. The molecule has 0 aromatic rings. The van der Waals surface area contributed by atoms with Crippen LogP contribution in [-0.4, -0.2) is 23.7 Å². The molecule has 0 aromatic heterocycles. The maximum Gasteiger partial charge on any atom is 0.330 e. The molecule has 1 atom stereocenters. The van der Waals surface area contributed by atoms with Crippen LogP contribution in [0.15, 0.2) is 11.6 Å². The van der Waals surface area contributed by atoms with Crippen LogP contribution in [0.1, 0.15) is 27.7 Å². The van der Waals surface area contributed by atoms with Crippen molar-refractivity contribution < 1.29 is 9.90 Å². The van der Waals surface area contributed by atoms with Gasteiger partial charge in [0.15, 0.2) is 0 Å². The van der Waals surface area contributed by atoms with Crippen molar-refractivity contribution >= 4 is 5.97 Å². The van der Waals surface area contributed by atoms with E-state index in [1.54, 1.807) is 13.0 Å². The molecule has 13 heavy (non-hydrogen) atoms. The summed E-state index contributed by atoms with van der Waals surface area (Å²) in [6.07, 6.45) is 1.70. The molecule has 0 aliphatic carbocycles. The lowest BCUT2D eigenvalue weighted by molar-refractivity contribution is -0.132. The van der Waals surface area contributed by atoms with Crippen molar-refractivity contribution in [1.29, 1.82) is 0 Å². The van der Waals surface area contributed by atoms with Gasteiger partial charge in [0.2, 0.25) is 0 Å². The van der Waals surface area contributed by atoms with Crippen LogP contribution in [0.4, 0.5) is 0 Å². The van der Waals surface area contributed by atoms with E-state index < -0.39 is 5.97 Å². The Bertz CT molecular complexity index is 197. The van der Waals surface area contributed by atoms with Crippen LogP contribution in [0.2, 0.25) is 0 Å². The van der Waals surface area contributed by atoms with Gasteiger partial charge in [-0.2, -0.15) is 0 Å². The monoisotopic (exact) mass is 185 g/mol. The Balaban J connectivity index is 3.79. The van der Waals surface area contributed by atoms with E-state index in [1.165, 1.54) is 0 Å². The SMILES string of the molecule is C/C(=C/CNC(C)C(C)C)C(=O)O. The van der Waals surface area contributed by atoms with Gasteiger partial charge < -0.3 is 10.4 Å². The molecule has 0 aliphatic heterocycles. The highest BCUT2D eigenvalue weighted by Crippen LogP contribution is 1.99. The van der Waals surface area contributed by atoms with Crippen LogP contribution in [0, 0.1) is 5.92 Å². The summed E-state index contributed by atoms with van der Waals surface area (Å²) in [5.74, 6) is -0.280. The van der Waals surface area contributed by atoms with E-state index in [4.69, 9.17) is 5.11 Å². The highest BCUT2D eigenvalue weighted by molar-refractivity contribution is 5.85. The number of rotatable bonds is 5. The first kappa shape index (κ1) is 12.2.